The fraction of sp³-hybridized carbons (Fsp3) is 0.120. The first-order valence-electron chi connectivity index (χ1n) is 10.7. The van der Waals surface area contributed by atoms with Gasteiger partial charge >= 0.3 is 0 Å². The second-order valence-corrected chi connectivity index (χ2v) is 8.01. The number of nitrogens with zero attached hydrogens (tertiary/aromatic N) is 3. The maximum atomic E-state index is 15.1. The molecule has 1 aromatic carbocycles. The summed E-state index contributed by atoms with van der Waals surface area (Å²) in [7, 11) is 0. The second kappa shape index (κ2) is 8.80. The number of carbonyl (C=O) groups excluding carboxylic acids is 1. The number of aromatic nitrogens is 4. The lowest BCUT2D eigenvalue weighted by atomic mass is 9.99. The number of hydrogen-bond donors (Lipinski definition) is 3. The van der Waals surface area contributed by atoms with E-state index in [0.29, 0.717) is 33.4 Å². The Morgan fingerprint density at radius 2 is 1.86 bits per heavy atom. The van der Waals surface area contributed by atoms with Gasteiger partial charge in [0.1, 0.15) is 11.5 Å². The van der Waals surface area contributed by atoms with Gasteiger partial charge in [-0.05, 0) is 35.9 Å². The highest BCUT2D eigenvalue weighted by atomic mass is 19.3. The molecule has 10 heteroatoms. The lowest BCUT2D eigenvalue weighted by Crippen LogP contribution is -2.41. The zero-order valence-corrected chi connectivity index (χ0v) is 18.2. The molecule has 0 aliphatic heterocycles. The number of fused-ring (bicyclic) bond motifs is 3. The first-order chi connectivity index (χ1) is 16.9. The number of nitrogens with two attached hydrogens (primary N) is 1. The summed E-state index contributed by atoms with van der Waals surface area (Å²) in [6.07, 6.45) is 6.14. The molecule has 5 aromatic rings. The lowest BCUT2D eigenvalue weighted by Gasteiger charge is -2.14. The number of hydrogen-bond acceptors (Lipinski definition) is 5. The maximum absolute atomic E-state index is 15.1. The minimum absolute atomic E-state index is 0.161. The molecule has 0 fully saturated rings. The van der Waals surface area contributed by atoms with Gasteiger partial charge in [0.15, 0.2) is 0 Å². The quantitative estimate of drug-likeness (QED) is 0.339. The molecule has 0 aliphatic rings. The van der Waals surface area contributed by atoms with Gasteiger partial charge in [0.05, 0.1) is 36.7 Å². The van der Waals surface area contributed by atoms with Crippen LogP contribution in [-0.2, 0) is 0 Å². The Morgan fingerprint density at radius 1 is 1.06 bits per heavy atom. The average molecular weight is 476 g/mol. The molecule has 0 unspecified atom stereocenters. The van der Waals surface area contributed by atoms with Gasteiger partial charge in [-0.1, -0.05) is 12.1 Å². The minimum atomic E-state index is -3.19. The average Bonchev–Trinajstić information content (AvgIpc) is 3.26. The number of halogens is 3. The molecule has 0 saturated heterocycles. The van der Waals surface area contributed by atoms with Crippen LogP contribution in [0.4, 0.5) is 13.2 Å². The fourth-order valence-corrected chi connectivity index (χ4v) is 3.86. The Bertz CT molecular complexity index is 1530. The Balaban J connectivity index is 1.56. The van der Waals surface area contributed by atoms with Gasteiger partial charge in [-0.25, -0.2) is 18.2 Å². The van der Waals surface area contributed by atoms with E-state index in [1.807, 2.05) is 12.1 Å². The number of alkyl halides is 2. The number of rotatable bonds is 6. The van der Waals surface area contributed by atoms with E-state index in [-0.39, 0.29) is 5.56 Å². The van der Waals surface area contributed by atoms with Crippen LogP contribution in [0.25, 0.3) is 44.3 Å². The van der Waals surface area contributed by atoms with Crippen molar-refractivity contribution in [2.75, 3.05) is 13.1 Å². The van der Waals surface area contributed by atoms with Crippen LogP contribution in [0.15, 0.2) is 67.3 Å². The monoisotopic (exact) mass is 476 g/mol. The summed E-state index contributed by atoms with van der Waals surface area (Å²) in [5.74, 6) is -4.41. The third-order valence-electron chi connectivity index (χ3n) is 5.66. The predicted molar refractivity (Wildman–Crippen MR) is 126 cm³/mol. The van der Waals surface area contributed by atoms with Crippen molar-refractivity contribution in [3.63, 3.8) is 0 Å². The standard InChI is InChI=1S/C25H19F3N6O/c26-18-10-32-23-22(17-8-19(31-11-20(17)34-23)16-2-1-7-30-9-16)21(18)14-3-5-15(6-4-14)24(35)33-13-25(27,28)12-29/h1-11H,12-13,29H2,(H,32,34)(H,33,35). The Labute approximate surface area is 197 Å². The van der Waals surface area contributed by atoms with E-state index in [4.69, 9.17) is 5.73 Å². The summed E-state index contributed by atoms with van der Waals surface area (Å²) in [6, 6.07) is 11.6. The summed E-state index contributed by atoms with van der Waals surface area (Å²) >= 11 is 0. The number of carbonyl (C=O) groups is 1. The normalized spacial score (nSPS) is 11.8. The zero-order valence-electron chi connectivity index (χ0n) is 18.2. The van der Waals surface area contributed by atoms with Crippen LogP contribution in [0, 0.1) is 5.82 Å². The molecule has 0 aliphatic carbocycles. The molecule has 0 radical (unpaired) electrons. The molecule has 0 atom stereocenters. The Kier molecular flexibility index (Phi) is 5.65. The van der Waals surface area contributed by atoms with Crippen LogP contribution in [0.5, 0.6) is 0 Å². The van der Waals surface area contributed by atoms with Crippen molar-refractivity contribution >= 4 is 27.8 Å². The summed E-state index contributed by atoms with van der Waals surface area (Å²) < 4.78 is 41.8. The first-order valence-corrected chi connectivity index (χ1v) is 10.7. The molecule has 0 saturated carbocycles. The highest BCUT2D eigenvalue weighted by molar-refractivity contribution is 6.13. The van der Waals surface area contributed by atoms with Crippen LogP contribution in [0.1, 0.15) is 10.4 Å². The van der Waals surface area contributed by atoms with Crippen LogP contribution >= 0.6 is 0 Å². The fourth-order valence-electron chi connectivity index (χ4n) is 3.86. The van der Waals surface area contributed by atoms with Crippen molar-refractivity contribution in [2.24, 2.45) is 5.73 Å². The summed E-state index contributed by atoms with van der Waals surface area (Å²) in [5.41, 5.74) is 8.60. The molecule has 7 nitrogen and oxygen atoms in total. The third-order valence-corrected chi connectivity index (χ3v) is 5.66. The van der Waals surface area contributed by atoms with Crippen LogP contribution < -0.4 is 11.1 Å². The number of H-pyrrole nitrogens is 1. The van der Waals surface area contributed by atoms with Crippen molar-refractivity contribution in [3.05, 3.63) is 78.6 Å². The number of amides is 1. The second-order valence-electron chi connectivity index (χ2n) is 8.01. The van der Waals surface area contributed by atoms with Crippen molar-refractivity contribution in [3.8, 4) is 22.4 Å². The van der Waals surface area contributed by atoms with Crippen molar-refractivity contribution in [1.29, 1.82) is 0 Å². The van der Waals surface area contributed by atoms with E-state index in [1.54, 1.807) is 36.8 Å². The number of nitrogens with one attached hydrogen (secondary N) is 2. The predicted octanol–water partition coefficient (Wildman–Crippen LogP) is 4.30. The van der Waals surface area contributed by atoms with E-state index in [0.717, 1.165) is 17.1 Å². The smallest absolute Gasteiger partial charge is 0.277 e. The van der Waals surface area contributed by atoms with Gasteiger partial charge in [-0.15, -0.1) is 0 Å². The molecule has 1 amide bonds. The van der Waals surface area contributed by atoms with Crippen LogP contribution in [0.3, 0.4) is 0 Å². The molecule has 35 heavy (non-hydrogen) atoms. The summed E-state index contributed by atoms with van der Waals surface area (Å²) in [5, 5.41) is 3.45. The molecule has 176 valence electrons. The molecule has 4 heterocycles. The van der Waals surface area contributed by atoms with Gasteiger partial charge in [0.2, 0.25) is 0 Å². The van der Waals surface area contributed by atoms with Gasteiger partial charge in [-0.3, -0.25) is 14.8 Å². The van der Waals surface area contributed by atoms with E-state index in [1.165, 1.54) is 12.1 Å². The Hall–Kier alpha value is -4.31. The SMILES string of the molecule is NCC(F)(F)CNC(=O)c1ccc(-c2c(F)cnc3[nH]c4cnc(-c5cccnc5)cc4c23)cc1. The first kappa shape index (κ1) is 22.5. The minimum Gasteiger partial charge on any atom is -0.346 e. The molecular formula is C25H19F3N6O. The summed E-state index contributed by atoms with van der Waals surface area (Å²) in [6.45, 7) is -1.74. The Morgan fingerprint density at radius 3 is 2.57 bits per heavy atom. The maximum Gasteiger partial charge on any atom is 0.277 e. The van der Waals surface area contributed by atoms with E-state index >= 15 is 4.39 Å². The van der Waals surface area contributed by atoms with Gasteiger partial charge in [0, 0.05) is 39.9 Å². The van der Waals surface area contributed by atoms with Gasteiger partial charge < -0.3 is 16.0 Å². The lowest BCUT2D eigenvalue weighted by molar-refractivity contribution is 0.0118. The van der Waals surface area contributed by atoms with E-state index in [9.17, 15) is 13.6 Å². The summed E-state index contributed by atoms with van der Waals surface area (Å²) in [4.78, 5) is 28.2. The highest BCUT2D eigenvalue weighted by Crippen LogP contribution is 2.36. The number of pyridine rings is 3. The molecule has 4 aromatic heterocycles. The number of aromatic amines is 1. The third kappa shape index (κ3) is 4.31. The molecule has 0 bridgehead atoms. The van der Waals surface area contributed by atoms with Crippen molar-refractivity contribution < 1.29 is 18.0 Å². The molecule has 5 rings (SSSR count). The largest absolute Gasteiger partial charge is 0.346 e. The highest BCUT2D eigenvalue weighted by Gasteiger charge is 2.27. The zero-order chi connectivity index (χ0) is 24.6. The van der Waals surface area contributed by atoms with Gasteiger partial charge in [0.25, 0.3) is 11.8 Å². The molecular weight excluding hydrogens is 457 g/mol. The topological polar surface area (TPSA) is 110 Å². The van der Waals surface area contributed by atoms with Crippen molar-refractivity contribution in [1.82, 2.24) is 25.3 Å². The van der Waals surface area contributed by atoms with Gasteiger partial charge in [-0.2, -0.15) is 0 Å². The molecule has 0 spiro atoms. The number of benzene rings is 1. The van der Waals surface area contributed by atoms with Crippen molar-refractivity contribution in [2.45, 2.75) is 5.92 Å². The van der Waals surface area contributed by atoms with Crippen LogP contribution in [0.2, 0.25) is 0 Å². The van der Waals surface area contributed by atoms with E-state index in [2.05, 4.69) is 25.3 Å². The van der Waals surface area contributed by atoms with E-state index < -0.39 is 30.7 Å². The van der Waals surface area contributed by atoms with Crippen LogP contribution in [-0.4, -0.2) is 44.9 Å². The molecule has 4 N–H and O–H groups in total.